The maximum atomic E-state index is 11.1. The summed E-state index contributed by atoms with van der Waals surface area (Å²) in [6.45, 7) is 3.50. The van der Waals surface area contributed by atoms with Gasteiger partial charge in [0.05, 0.1) is 6.54 Å². The molecule has 2 nitrogen and oxygen atoms in total. The molecule has 0 aliphatic rings. The summed E-state index contributed by atoms with van der Waals surface area (Å²) in [6.07, 6.45) is 8.27. The number of unbranched alkanes of at least 4 members (excludes halogenated alkanes) is 1. The SMILES string of the molecule is C#CCCCC(=O)CNCCC. The van der Waals surface area contributed by atoms with E-state index in [1.54, 1.807) is 0 Å². The Morgan fingerprint density at radius 1 is 1.58 bits per heavy atom. The Morgan fingerprint density at radius 3 is 2.92 bits per heavy atom. The zero-order valence-electron chi connectivity index (χ0n) is 7.73. The van der Waals surface area contributed by atoms with Crippen molar-refractivity contribution >= 4 is 5.78 Å². The van der Waals surface area contributed by atoms with E-state index in [9.17, 15) is 4.79 Å². The molecule has 0 bridgehead atoms. The number of Topliss-reactive ketones (excluding diaryl/α,β-unsaturated/α-hetero) is 1. The van der Waals surface area contributed by atoms with E-state index in [4.69, 9.17) is 6.42 Å². The summed E-state index contributed by atoms with van der Waals surface area (Å²) < 4.78 is 0. The molecule has 0 radical (unpaired) electrons. The van der Waals surface area contributed by atoms with E-state index in [0.29, 0.717) is 19.4 Å². The van der Waals surface area contributed by atoms with Crippen molar-refractivity contribution in [2.24, 2.45) is 0 Å². The minimum absolute atomic E-state index is 0.263. The summed E-state index contributed by atoms with van der Waals surface area (Å²) in [6, 6.07) is 0. The highest BCUT2D eigenvalue weighted by molar-refractivity contribution is 5.80. The van der Waals surface area contributed by atoms with Crippen LogP contribution in [0.2, 0.25) is 0 Å². The second-order valence-electron chi connectivity index (χ2n) is 2.77. The molecule has 0 unspecified atom stereocenters. The van der Waals surface area contributed by atoms with E-state index in [2.05, 4.69) is 18.2 Å². The van der Waals surface area contributed by atoms with Gasteiger partial charge < -0.3 is 5.32 Å². The number of hydrogen-bond donors (Lipinski definition) is 1. The van der Waals surface area contributed by atoms with E-state index >= 15 is 0 Å². The molecule has 0 aromatic carbocycles. The van der Waals surface area contributed by atoms with Gasteiger partial charge in [0, 0.05) is 12.8 Å². The predicted octanol–water partition coefficient (Wildman–Crippen LogP) is 1.36. The summed E-state index contributed by atoms with van der Waals surface area (Å²) in [5.74, 6) is 2.78. The first-order valence-electron chi connectivity index (χ1n) is 4.47. The maximum Gasteiger partial charge on any atom is 0.146 e. The molecular formula is C10H17NO. The quantitative estimate of drug-likeness (QED) is 0.458. The molecule has 0 aliphatic carbocycles. The van der Waals surface area contributed by atoms with Gasteiger partial charge in [-0.15, -0.1) is 12.3 Å². The van der Waals surface area contributed by atoms with Gasteiger partial charge >= 0.3 is 0 Å². The lowest BCUT2D eigenvalue weighted by atomic mass is 10.2. The predicted molar refractivity (Wildman–Crippen MR) is 50.9 cm³/mol. The third-order valence-electron chi connectivity index (χ3n) is 1.53. The van der Waals surface area contributed by atoms with Crippen LogP contribution in [0.25, 0.3) is 0 Å². The number of carbonyl (C=O) groups is 1. The smallest absolute Gasteiger partial charge is 0.146 e. The van der Waals surface area contributed by atoms with Crippen LogP contribution >= 0.6 is 0 Å². The largest absolute Gasteiger partial charge is 0.310 e. The lowest BCUT2D eigenvalue weighted by Gasteiger charge is -2.00. The third-order valence-corrected chi connectivity index (χ3v) is 1.53. The van der Waals surface area contributed by atoms with Gasteiger partial charge in [0.2, 0.25) is 0 Å². The lowest BCUT2D eigenvalue weighted by molar-refractivity contribution is -0.118. The van der Waals surface area contributed by atoms with E-state index < -0.39 is 0 Å². The number of ketones is 1. The molecule has 68 valence electrons. The van der Waals surface area contributed by atoms with Crippen LogP contribution in [-0.4, -0.2) is 18.9 Å². The van der Waals surface area contributed by atoms with Crippen molar-refractivity contribution in [3.05, 3.63) is 0 Å². The summed E-state index contributed by atoms with van der Waals surface area (Å²) >= 11 is 0. The van der Waals surface area contributed by atoms with Crippen LogP contribution in [0.5, 0.6) is 0 Å². The second kappa shape index (κ2) is 8.29. The van der Waals surface area contributed by atoms with Crippen molar-refractivity contribution in [3.8, 4) is 12.3 Å². The monoisotopic (exact) mass is 167 g/mol. The second-order valence-corrected chi connectivity index (χ2v) is 2.77. The Balaban J connectivity index is 3.17. The summed E-state index contributed by atoms with van der Waals surface area (Å²) in [4.78, 5) is 11.1. The number of terminal acetylenes is 1. The molecule has 0 rings (SSSR count). The van der Waals surface area contributed by atoms with Crippen molar-refractivity contribution in [2.75, 3.05) is 13.1 Å². The van der Waals surface area contributed by atoms with Crippen LogP contribution in [0.4, 0.5) is 0 Å². The molecule has 12 heavy (non-hydrogen) atoms. The van der Waals surface area contributed by atoms with Crippen LogP contribution in [0.3, 0.4) is 0 Å². The highest BCUT2D eigenvalue weighted by Gasteiger charge is 1.98. The Bertz CT molecular complexity index is 158. The number of rotatable bonds is 7. The Hall–Kier alpha value is -0.810. The Morgan fingerprint density at radius 2 is 2.33 bits per heavy atom. The van der Waals surface area contributed by atoms with Gasteiger partial charge in [0.1, 0.15) is 5.78 Å². The van der Waals surface area contributed by atoms with Crippen molar-refractivity contribution in [3.63, 3.8) is 0 Å². The normalized spacial score (nSPS) is 9.33. The molecule has 0 saturated carbocycles. The highest BCUT2D eigenvalue weighted by Crippen LogP contribution is 1.93. The average molecular weight is 167 g/mol. The molecule has 0 atom stereocenters. The van der Waals surface area contributed by atoms with Crippen molar-refractivity contribution in [1.29, 1.82) is 0 Å². The molecule has 1 N–H and O–H groups in total. The number of hydrogen-bond acceptors (Lipinski definition) is 2. The Kier molecular flexibility index (Phi) is 7.73. The minimum atomic E-state index is 0.263. The average Bonchev–Trinajstić information content (AvgIpc) is 2.06. The Labute approximate surface area is 74.7 Å². The molecule has 2 heteroatoms. The van der Waals surface area contributed by atoms with Crippen LogP contribution in [0.15, 0.2) is 0 Å². The summed E-state index contributed by atoms with van der Waals surface area (Å²) in [5.41, 5.74) is 0. The molecular weight excluding hydrogens is 150 g/mol. The fourth-order valence-corrected chi connectivity index (χ4v) is 0.881. The lowest BCUT2D eigenvalue weighted by Crippen LogP contribution is -2.23. The third kappa shape index (κ3) is 7.30. The summed E-state index contributed by atoms with van der Waals surface area (Å²) in [7, 11) is 0. The topological polar surface area (TPSA) is 29.1 Å². The zero-order chi connectivity index (χ0) is 9.23. The molecule has 0 aromatic heterocycles. The van der Waals surface area contributed by atoms with Gasteiger partial charge in [-0.3, -0.25) is 4.79 Å². The van der Waals surface area contributed by atoms with Gasteiger partial charge in [0.25, 0.3) is 0 Å². The fraction of sp³-hybridized carbons (Fsp3) is 0.700. The van der Waals surface area contributed by atoms with Crippen molar-refractivity contribution in [2.45, 2.75) is 32.6 Å². The number of nitrogens with one attached hydrogen (secondary N) is 1. The van der Waals surface area contributed by atoms with Crippen LogP contribution in [-0.2, 0) is 4.79 Å². The van der Waals surface area contributed by atoms with Crippen molar-refractivity contribution < 1.29 is 4.79 Å². The van der Waals surface area contributed by atoms with Crippen LogP contribution in [0.1, 0.15) is 32.6 Å². The molecule has 0 amide bonds. The van der Waals surface area contributed by atoms with Gasteiger partial charge in [-0.25, -0.2) is 0 Å². The molecule has 0 aliphatic heterocycles. The molecule has 0 spiro atoms. The standard InChI is InChI=1S/C10H17NO/c1-3-5-6-7-10(12)9-11-8-4-2/h1,11H,4-9H2,2H3. The van der Waals surface area contributed by atoms with Gasteiger partial charge in [0.15, 0.2) is 0 Å². The summed E-state index contributed by atoms with van der Waals surface area (Å²) in [5, 5.41) is 3.06. The van der Waals surface area contributed by atoms with Gasteiger partial charge in [-0.2, -0.15) is 0 Å². The van der Waals surface area contributed by atoms with E-state index in [-0.39, 0.29) is 5.78 Å². The van der Waals surface area contributed by atoms with E-state index in [1.165, 1.54) is 0 Å². The van der Waals surface area contributed by atoms with Gasteiger partial charge in [-0.05, 0) is 19.4 Å². The molecule has 0 saturated heterocycles. The molecule has 0 fully saturated rings. The number of carbonyl (C=O) groups excluding carboxylic acids is 1. The highest BCUT2D eigenvalue weighted by atomic mass is 16.1. The minimum Gasteiger partial charge on any atom is -0.310 e. The van der Waals surface area contributed by atoms with Gasteiger partial charge in [-0.1, -0.05) is 6.92 Å². The van der Waals surface area contributed by atoms with Crippen LogP contribution < -0.4 is 5.32 Å². The van der Waals surface area contributed by atoms with E-state index in [1.807, 2.05) is 0 Å². The maximum absolute atomic E-state index is 11.1. The van der Waals surface area contributed by atoms with E-state index in [0.717, 1.165) is 19.4 Å². The van der Waals surface area contributed by atoms with Crippen molar-refractivity contribution in [1.82, 2.24) is 5.32 Å². The zero-order valence-corrected chi connectivity index (χ0v) is 7.73. The first kappa shape index (κ1) is 11.2. The fourth-order valence-electron chi connectivity index (χ4n) is 0.881. The first-order chi connectivity index (χ1) is 5.81. The molecule has 0 heterocycles. The van der Waals surface area contributed by atoms with Crippen LogP contribution in [0, 0.1) is 12.3 Å². The molecule has 0 aromatic rings. The first-order valence-corrected chi connectivity index (χ1v) is 4.47.